The highest BCUT2D eigenvalue weighted by Gasteiger charge is 2.30. The fourth-order valence-electron chi connectivity index (χ4n) is 3.86. The molecule has 7 heteroatoms. The molecule has 1 amide bonds. The third kappa shape index (κ3) is 4.52. The zero-order valence-corrected chi connectivity index (χ0v) is 19.7. The number of hydrogen-bond donors (Lipinski definition) is 0. The molecule has 0 aliphatic carbocycles. The summed E-state index contributed by atoms with van der Waals surface area (Å²) in [6.45, 7) is 4.67. The average Bonchev–Trinajstić information content (AvgIpc) is 2.79. The fraction of sp³-hybridized carbons (Fsp3) is 0.240. The quantitative estimate of drug-likeness (QED) is 0.543. The molecule has 0 saturated heterocycles. The topological polar surface area (TPSA) is 57.7 Å². The Morgan fingerprint density at radius 3 is 2.34 bits per heavy atom. The van der Waals surface area contributed by atoms with Gasteiger partial charge in [-0.1, -0.05) is 41.9 Å². The predicted octanol–water partition coefficient (Wildman–Crippen LogP) is 4.74. The minimum Gasteiger partial charge on any atom is -0.336 e. The maximum Gasteiger partial charge on any atom is 0.264 e. The number of halogens is 1. The van der Waals surface area contributed by atoms with Gasteiger partial charge >= 0.3 is 0 Å². The van der Waals surface area contributed by atoms with Crippen LogP contribution in [0.1, 0.15) is 22.3 Å². The molecule has 0 aromatic heterocycles. The van der Waals surface area contributed by atoms with E-state index in [1.807, 2.05) is 44.2 Å². The van der Waals surface area contributed by atoms with Gasteiger partial charge in [0.15, 0.2) is 0 Å². The third-order valence-corrected chi connectivity index (χ3v) is 7.98. The average molecular weight is 469 g/mol. The van der Waals surface area contributed by atoms with Gasteiger partial charge in [0.1, 0.15) is 6.54 Å². The normalized spacial score (nSPS) is 13.5. The van der Waals surface area contributed by atoms with Crippen molar-refractivity contribution >= 4 is 33.2 Å². The molecule has 3 aromatic carbocycles. The number of carbonyl (C=O) groups excluding carboxylic acids is 1. The minimum absolute atomic E-state index is 0.0944. The molecule has 1 aliphatic rings. The number of amides is 1. The van der Waals surface area contributed by atoms with E-state index in [0.717, 1.165) is 23.1 Å². The molecule has 0 spiro atoms. The van der Waals surface area contributed by atoms with E-state index >= 15 is 0 Å². The van der Waals surface area contributed by atoms with E-state index in [-0.39, 0.29) is 17.3 Å². The summed E-state index contributed by atoms with van der Waals surface area (Å²) in [4.78, 5) is 15.1. The van der Waals surface area contributed by atoms with Crippen LogP contribution < -0.4 is 4.31 Å². The van der Waals surface area contributed by atoms with Crippen LogP contribution >= 0.6 is 11.6 Å². The minimum atomic E-state index is -3.97. The molecule has 0 fully saturated rings. The maximum absolute atomic E-state index is 13.6. The molecule has 3 aromatic rings. The number of rotatable bonds is 5. The van der Waals surface area contributed by atoms with Gasteiger partial charge in [-0.15, -0.1) is 0 Å². The van der Waals surface area contributed by atoms with E-state index in [4.69, 9.17) is 11.6 Å². The van der Waals surface area contributed by atoms with Crippen LogP contribution in [0, 0.1) is 13.8 Å². The molecule has 5 nitrogen and oxygen atoms in total. The van der Waals surface area contributed by atoms with E-state index < -0.39 is 10.0 Å². The highest BCUT2D eigenvalue weighted by molar-refractivity contribution is 7.92. The first-order valence-corrected chi connectivity index (χ1v) is 12.3. The molecule has 0 unspecified atom stereocenters. The van der Waals surface area contributed by atoms with Crippen molar-refractivity contribution in [1.29, 1.82) is 0 Å². The van der Waals surface area contributed by atoms with E-state index in [0.29, 0.717) is 23.8 Å². The Morgan fingerprint density at radius 2 is 1.66 bits per heavy atom. The van der Waals surface area contributed by atoms with Gasteiger partial charge in [-0.3, -0.25) is 9.10 Å². The maximum atomic E-state index is 13.6. The highest BCUT2D eigenvalue weighted by Crippen LogP contribution is 2.27. The van der Waals surface area contributed by atoms with Crippen molar-refractivity contribution in [3.05, 3.63) is 94.0 Å². The fourth-order valence-corrected chi connectivity index (χ4v) is 5.39. The zero-order chi connectivity index (χ0) is 22.9. The summed E-state index contributed by atoms with van der Waals surface area (Å²) in [5.41, 5.74) is 4.81. The van der Waals surface area contributed by atoms with E-state index in [9.17, 15) is 13.2 Å². The standard InChI is InChI=1S/C25H25ClN2O3S/c1-18-7-10-23(15-19(18)2)28(32(30,31)24-11-8-22(26)9-12-24)17-25(29)27-14-13-20-5-3-4-6-21(20)16-27/h3-12,15H,13-14,16-17H2,1-2H3. The van der Waals surface area contributed by atoms with Crippen LogP contribution in [0.3, 0.4) is 0 Å². The lowest BCUT2D eigenvalue weighted by Gasteiger charge is -2.32. The monoisotopic (exact) mass is 468 g/mol. The number of nitrogens with zero attached hydrogens (tertiary/aromatic N) is 2. The summed E-state index contributed by atoms with van der Waals surface area (Å²) in [6.07, 6.45) is 0.759. The van der Waals surface area contributed by atoms with Crippen LogP contribution in [-0.2, 0) is 27.8 Å². The lowest BCUT2D eigenvalue weighted by molar-refractivity contribution is -0.130. The molecule has 166 valence electrons. The lowest BCUT2D eigenvalue weighted by atomic mass is 10.00. The van der Waals surface area contributed by atoms with Crippen LogP contribution in [-0.4, -0.2) is 32.3 Å². The number of benzene rings is 3. The number of aryl methyl sites for hydroxylation is 2. The Kier molecular flexibility index (Phi) is 6.26. The van der Waals surface area contributed by atoms with E-state index in [1.54, 1.807) is 11.0 Å². The smallest absolute Gasteiger partial charge is 0.264 e. The second kappa shape index (κ2) is 8.96. The molecule has 0 bridgehead atoms. The summed E-state index contributed by atoms with van der Waals surface area (Å²) in [5.74, 6) is -0.227. The largest absolute Gasteiger partial charge is 0.336 e. The first-order valence-electron chi connectivity index (χ1n) is 10.5. The molecule has 0 saturated carbocycles. The van der Waals surface area contributed by atoms with E-state index in [2.05, 4.69) is 6.07 Å². The number of sulfonamides is 1. The number of fused-ring (bicyclic) bond motifs is 1. The Balaban J connectivity index is 1.67. The van der Waals surface area contributed by atoms with Gasteiger partial charge in [0.2, 0.25) is 5.91 Å². The molecular formula is C25H25ClN2O3S. The molecule has 4 rings (SSSR count). The summed E-state index contributed by atoms with van der Waals surface area (Å²) in [7, 11) is -3.97. The van der Waals surface area contributed by atoms with Crippen LogP contribution in [0.25, 0.3) is 0 Å². The summed E-state index contributed by atoms with van der Waals surface area (Å²) >= 11 is 5.95. The van der Waals surface area contributed by atoms with Gasteiger partial charge in [-0.25, -0.2) is 8.42 Å². The number of carbonyl (C=O) groups is 1. The van der Waals surface area contributed by atoms with Crippen molar-refractivity contribution in [3.63, 3.8) is 0 Å². The Hall–Kier alpha value is -2.83. The van der Waals surface area contributed by atoms with Gasteiger partial charge in [0, 0.05) is 18.1 Å². The summed E-state index contributed by atoms with van der Waals surface area (Å²) in [5, 5.41) is 0.449. The molecule has 1 aliphatic heterocycles. The molecule has 32 heavy (non-hydrogen) atoms. The Labute approximate surface area is 194 Å². The van der Waals surface area contributed by atoms with Crippen LogP contribution in [0.4, 0.5) is 5.69 Å². The second-order valence-electron chi connectivity index (χ2n) is 8.07. The number of hydrogen-bond acceptors (Lipinski definition) is 3. The van der Waals surface area contributed by atoms with E-state index in [1.165, 1.54) is 34.1 Å². The van der Waals surface area contributed by atoms with Crippen molar-refractivity contribution < 1.29 is 13.2 Å². The highest BCUT2D eigenvalue weighted by atomic mass is 35.5. The first-order chi connectivity index (χ1) is 15.3. The van der Waals surface area contributed by atoms with Crippen molar-refractivity contribution in [2.24, 2.45) is 0 Å². The van der Waals surface area contributed by atoms with Gasteiger partial charge in [-0.05, 0) is 78.9 Å². The zero-order valence-electron chi connectivity index (χ0n) is 18.1. The van der Waals surface area contributed by atoms with Crippen molar-refractivity contribution in [3.8, 4) is 0 Å². The van der Waals surface area contributed by atoms with Crippen LogP contribution in [0.5, 0.6) is 0 Å². The Bertz CT molecular complexity index is 1260. The Morgan fingerprint density at radius 1 is 0.969 bits per heavy atom. The van der Waals surface area contributed by atoms with Gasteiger partial charge in [0.25, 0.3) is 10.0 Å². The van der Waals surface area contributed by atoms with Crippen LogP contribution in [0.2, 0.25) is 5.02 Å². The van der Waals surface area contributed by atoms with Crippen LogP contribution in [0.15, 0.2) is 71.6 Å². The third-order valence-electron chi connectivity index (χ3n) is 5.94. The molecule has 0 N–H and O–H groups in total. The molecule has 1 heterocycles. The summed E-state index contributed by atoms with van der Waals surface area (Å²) in [6, 6.07) is 19.5. The first kappa shape index (κ1) is 22.4. The van der Waals surface area contributed by atoms with Crippen molar-refractivity contribution in [2.45, 2.75) is 31.7 Å². The second-order valence-corrected chi connectivity index (χ2v) is 10.4. The van der Waals surface area contributed by atoms with Crippen molar-refractivity contribution in [1.82, 2.24) is 4.90 Å². The molecule has 0 atom stereocenters. The van der Waals surface area contributed by atoms with Gasteiger partial charge < -0.3 is 4.90 Å². The predicted molar refractivity (Wildman–Crippen MR) is 127 cm³/mol. The summed E-state index contributed by atoms with van der Waals surface area (Å²) < 4.78 is 28.3. The lowest BCUT2D eigenvalue weighted by Crippen LogP contribution is -2.44. The SMILES string of the molecule is Cc1ccc(N(CC(=O)N2CCc3ccccc3C2)S(=O)(=O)c2ccc(Cl)cc2)cc1C. The molecular weight excluding hydrogens is 444 g/mol. The van der Waals surface area contributed by atoms with Gasteiger partial charge in [0.05, 0.1) is 10.6 Å². The molecule has 0 radical (unpaired) electrons. The van der Waals surface area contributed by atoms with Crippen molar-refractivity contribution in [2.75, 3.05) is 17.4 Å². The number of anilines is 1. The van der Waals surface area contributed by atoms with Gasteiger partial charge in [-0.2, -0.15) is 0 Å².